The molecule has 0 aromatic carbocycles. The average Bonchev–Trinajstić information content (AvgIpc) is 3.68. The zero-order chi connectivity index (χ0) is 42.6. The molecule has 8 fully saturated rings. The molecule has 1 spiro atoms. The summed E-state index contributed by atoms with van der Waals surface area (Å²) in [6.45, 7) is 11.0. The number of ether oxygens (including phenoxy) is 8. The van der Waals surface area contributed by atoms with Gasteiger partial charge in [0.15, 0.2) is 24.7 Å². The summed E-state index contributed by atoms with van der Waals surface area (Å²) in [7, 11) is 0. The van der Waals surface area contributed by atoms with Crippen LogP contribution in [0.1, 0.15) is 92.4 Å². The van der Waals surface area contributed by atoms with Gasteiger partial charge in [-0.1, -0.05) is 39.3 Å². The smallest absolute Gasteiger partial charge is 0.187 e. The fourth-order valence-corrected chi connectivity index (χ4v) is 13.7. The molecule has 0 aromatic rings. The second kappa shape index (κ2) is 16.5. The van der Waals surface area contributed by atoms with Crippen molar-refractivity contribution < 1.29 is 78.7 Å². The van der Waals surface area contributed by atoms with E-state index in [1.165, 1.54) is 25.3 Å². The lowest BCUT2D eigenvalue weighted by Gasteiger charge is -2.58. The number of allylic oxidation sites excluding steroid dienone is 1. The number of hydrogen-bond acceptors (Lipinski definition) is 16. The highest BCUT2D eigenvalue weighted by Crippen LogP contribution is 2.70. The van der Waals surface area contributed by atoms with Gasteiger partial charge in [-0.2, -0.15) is 0 Å². The van der Waals surface area contributed by atoms with Gasteiger partial charge in [0.05, 0.1) is 38.1 Å². The minimum Gasteiger partial charge on any atom is -0.394 e. The number of rotatable bonds is 7. The highest BCUT2D eigenvalue weighted by Gasteiger charge is 2.69. The van der Waals surface area contributed by atoms with Crippen LogP contribution in [0.4, 0.5) is 0 Å². The van der Waals surface area contributed by atoms with E-state index in [0.717, 1.165) is 45.1 Å². The zero-order valence-corrected chi connectivity index (χ0v) is 35.6. The van der Waals surface area contributed by atoms with Crippen LogP contribution in [0.5, 0.6) is 0 Å². The van der Waals surface area contributed by atoms with E-state index in [-0.39, 0.29) is 29.6 Å². The van der Waals surface area contributed by atoms with Crippen LogP contribution in [0.15, 0.2) is 11.6 Å². The average molecular weight is 855 g/mol. The minimum atomic E-state index is -1.72. The van der Waals surface area contributed by atoms with Crippen LogP contribution in [-0.4, -0.2) is 165 Å². The van der Waals surface area contributed by atoms with Crippen molar-refractivity contribution in [2.24, 2.45) is 46.3 Å². The summed E-state index contributed by atoms with van der Waals surface area (Å²) in [5.41, 5.74) is 1.60. The van der Waals surface area contributed by atoms with Crippen molar-refractivity contribution in [2.45, 2.75) is 196 Å². The van der Waals surface area contributed by atoms with E-state index in [0.29, 0.717) is 41.9 Å². The first-order valence-electron chi connectivity index (χ1n) is 22.8. The van der Waals surface area contributed by atoms with Crippen LogP contribution in [0.2, 0.25) is 0 Å². The second-order valence-corrected chi connectivity index (χ2v) is 20.6. The SMILES string of the molecule is C[C@@H]1CC[C@@]2(OC1)O[C@H]1C[C@H]3[C@@H]4CC=C5C[C@@H](O[C@@H]6OC[C@H](O[C@@H]7O[C@H](CO)[C@H](O)[C@H](O)[C@H]7O)[C@H](O)[C@H]6O[C@@H]6O[C@@H](C)[C@H](O)[C@@H](O)[C@H]6O)CC[C@]5(C)[C@H]4CC[C@]3(C)[C@H]1[C@@H]2C. The third kappa shape index (κ3) is 7.19. The summed E-state index contributed by atoms with van der Waals surface area (Å²) in [5.74, 6) is 2.73. The van der Waals surface area contributed by atoms with E-state index in [2.05, 4.69) is 33.8 Å². The van der Waals surface area contributed by atoms with Gasteiger partial charge < -0.3 is 78.7 Å². The van der Waals surface area contributed by atoms with Gasteiger partial charge in [0.25, 0.3) is 0 Å². The Morgan fingerprint density at radius 2 is 1.47 bits per heavy atom. The van der Waals surface area contributed by atoms with Crippen LogP contribution >= 0.6 is 0 Å². The van der Waals surface area contributed by atoms with Gasteiger partial charge in [-0.25, -0.2) is 0 Å². The Kier molecular flexibility index (Phi) is 12.2. The van der Waals surface area contributed by atoms with Gasteiger partial charge in [-0.05, 0) is 98.7 Å². The standard InChI is InChI=1S/C44H70O16/c1-19-8-13-44(54-17-19)20(2)30-27(60-44)15-26-24-7-6-22-14-23(9-11-42(22,4)25(24)10-12-43(26,30)5)56-41-38(59-39-36(51)34(49)31(46)21(3)55-39)33(48)29(18-53-41)58-40-37(52)35(50)32(47)28(16-45)57-40/h6,19-21,23-41,45-52H,7-18H2,1-5H3/t19-,20+,21+,23+,24-,25+,26+,27+,28-,29+,30+,31+,32+,33+,34-,35+,36-,37-,38-,39+,40+,41+,42+,43+,44-/m1/s1. The van der Waals surface area contributed by atoms with E-state index in [4.69, 9.17) is 37.9 Å². The zero-order valence-electron chi connectivity index (χ0n) is 35.6. The maximum Gasteiger partial charge on any atom is 0.187 e. The molecule has 9 aliphatic rings. The molecule has 0 amide bonds. The predicted molar refractivity (Wildman–Crippen MR) is 208 cm³/mol. The molecule has 0 unspecified atom stereocenters. The second-order valence-electron chi connectivity index (χ2n) is 20.6. The molecule has 342 valence electrons. The van der Waals surface area contributed by atoms with Crippen LogP contribution < -0.4 is 0 Å². The molecular formula is C44H70O16. The highest BCUT2D eigenvalue weighted by molar-refractivity contribution is 5.26. The molecule has 16 nitrogen and oxygen atoms in total. The fraction of sp³-hybridized carbons (Fsp3) is 0.955. The summed E-state index contributed by atoms with van der Waals surface area (Å²) in [5, 5.41) is 84.5. The Labute approximate surface area is 352 Å². The monoisotopic (exact) mass is 854 g/mol. The maximum atomic E-state index is 11.8. The van der Waals surface area contributed by atoms with Gasteiger partial charge in [0, 0.05) is 12.3 Å². The summed E-state index contributed by atoms with van der Waals surface area (Å²) < 4.78 is 49.7. The van der Waals surface area contributed by atoms with Crippen molar-refractivity contribution in [3.63, 3.8) is 0 Å². The molecule has 0 aromatic heterocycles. The van der Waals surface area contributed by atoms with E-state index in [9.17, 15) is 40.9 Å². The van der Waals surface area contributed by atoms with E-state index >= 15 is 0 Å². The van der Waals surface area contributed by atoms with Crippen molar-refractivity contribution in [3.05, 3.63) is 11.6 Å². The topological polar surface area (TPSA) is 236 Å². The van der Waals surface area contributed by atoms with Crippen LogP contribution in [0, 0.1) is 46.3 Å². The number of aliphatic hydroxyl groups is 8. The molecule has 9 rings (SSSR count). The Morgan fingerprint density at radius 3 is 2.18 bits per heavy atom. The molecule has 4 aliphatic carbocycles. The van der Waals surface area contributed by atoms with Gasteiger partial charge in [-0.3, -0.25) is 0 Å². The third-order valence-electron chi connectivity index (χ3n) is 17.3. The van der Waals surface area contributed by atoms with Crippen molar-refractivity contribution in [1.29, 1.82) is 0 Å². The van der Waals surface area contributed by atoms with Crippen molar-refractivity contribution >= 4 is 0 Å². The highest BCUT2D eigenvalue weighted by atomic mass is 16.8. The first-order chi connectivity index (χ1) is 28.5. The first-order valence-corrected chi connectivity index (χ1v) is 22.8. The third-order valence-corrected chi connectivity index (χ3v) is 17.3. The molecule has 3 saturated carbocycles. The normalized spacial score (nSPS) is 57.9. The van der Waals surface area contributed by atoms with Crippen LogP contribution in [-0.2, 0) is 37.9 Å². The number of hydrogen-bond donors (Lipinski definition) is 8. The summed E-state index contributed by atoms with van der Waals surface area (Å²) in [6, 6.07) is 0. The molecule has 8 N–H and O–H groups in total. The Bertz CT molecular complexity index is 1560. The van der Waals surface area contributed by atoms with E-state index < -0.39 is 98.4 Å². The minimum absolute atomic E-state index is 0.0124. The number of fused-ring (bicyclic) bond motifs is 7. The van der Waals surface area contributed by atoms with Crippen molar-refractivity contribution in [3.8, 4) is 0 Å². The van der Waals surface area contributed by atoms with E-state index in [1.807, 2.05) is 0 Å². The lowest BCUT2D eigenvalue weighted by molar-refractivity contribution is -0.376. The van der Waals surface area contributed by atoms with Gasteiger partial charge in [-0.15, -0.1) is 0 Å². The molecule has 0 bridgehead atoms. The molecule has 60 heavy (non-hydrogen) atoms. The quantitative estimate of drug-likeness (QED) is 0.166. The molecule has 5 saturated heterocycles. The number of aliphatic hydroxyl groups excluding tert-OH is 8. The van der Waals surface area contributed by atoms with Crippen LogP contribution in [0.3, 0.4) is 0 Å². The van der Waals surface area contributed by atoms with Crippen LogP contribution in [0.25, 0.3) is 0 Å². The van der Waals surface area contributed by atoms with Crippen molar-refractivity contribution in [2.75, 3.05) is 19.8 Å². The summed E-state index contributed by atoms with van der Waals surface area (Å²) in [6.07, 6.45) is -8.85. The van der Waals surface area contributed by atoms with Gasteiger partial charge >= 0.3 is 0 Å². The largest absolute Gasteiger partial charge is 0.394 e. The van der Waals surface area contributed by atoms with Gasteiger partial charge in [0.1, 0.15) is 61.0 Å². The fourth-order valence-electron chi connectivity index (χ4n) is 13.7. The molecule has 25 atom stereocenters. The summed E-state index contributed by atoms with van der Waals surface area (Å²) in [4.78, 5) is 0. The molecule has 16 heteroatoms. The maximum absolute atomic E-state index is 11.8. The molecule has 5 heterocycles. The molecule has 5 aliphatic heterocycles. The first kappa shape index (κ1) is 44.3. The molecule has 0 radical (unpaired) electrons. The predicted octanol–water partition coefficient (Wildman–Crippen LogP) is 0.853. The summed E-state index contributed by atoms with van der Waals surface area (Å²) >= 11 is 0. The molecular weight excluding hydrogens is 784 g/mol. The lowest BCUT2D eigenvalue weighted by atomic mass is 9.47. The lowest BCUT2D eigenvalue weighted by Crippen LogP contribution is -2.64. The Balaban J connectivity index is 0.892. The van der Waals surface area contributed by atoms with Crippen molar-refractivity contribution in [1.82, 2.24) is 0 Å². The Morgan fingerprint density at radius 1 is 0.733 bits per heavy atom. The Hall–Kier alpha value is -0.900. The van der Waals surface area contributed by atoms with Gasteiger partial charge in [0.2, 0.25) is 0 Å². The van der Waals surface area contributed by atoms with E-state index in [1.54, 1.807) is 0 Å².